The van der Waals surface area contributed by atoms with Crippen molar-refractivity contribution in [2.24, 2.45) is 5.92 Å². The van der Waals surface area contributed by atoms with Gasteiger partial charge in [0.15, 0.2) is 11.5 Å². The monoisotopic (exact) mass is 666 g/mol. The molecule has 5 rings (SSSR count). The fourth-order valence-corrected chi connectivity index (χ4v) is 4.89. The Morgan fingerprint density at radius 2 is 1.55 bits per heavy atom. The Labute approximate surface area is 246 Å². The highest BCUT2D eigenvalue weighted by molar-refractivity contribution is 14.1. The van der Waals surface area contributed by atoms with Crippen molar-refractivity contribution >= 4 is 28.6 Å². The second-order valence-corrected chi connectivity index (χ2v) is 13.1. The normalized spacial score (nSPS) is 19.1. The highest BCUT2D eigenvalue weighted by Gasteiger charge is 2.63. The van der Waals surface area contributed by atoms with E-state index in [4.69, 9.17) is 14.6 Å². The van der Waals surface area contributed by atoms with Crippen LogP contribution >= 0.6 is 22.6 Å². The van der Waals surface area contributed by atoms with Gasteiger partial charge in [-0.15, -0.1) is 0 Å². The van der Waals surface area contributed by atoms with Crippen LogP contribution in [0.4, 0.5) is 8.78 Å². The van der Waals surface area contributed by atoms with Crippen LogP contribution < -0.4 is 14.2 Å². The van der Waals surface area contributed by atoms with Crippen LogP contribution in [0.3, 0.4) is 0 Å². The molecule has 214 valence electrons. The highest BCUT2D eigenvalue weighted by atomic mass is 127. The quantitative estimate of drug-likeness (QED) is 0.267. The third-order valence-electron chi connectivity index (χ3n) is 6.91. The smallest absolute Gasteiger partial charge is 0.387 e. The number of phenolic OH excluding ortho intramolecular Hbond substituents is 1. The Hall–Kier alpha value is -3.08. The van der Waals surface area contributed by atoms with Crippen molar-refractivity contribution in [3.05, 3.63) is 74.9 Å². The average Bonchev–Trinajstić information content (AvgIpc) is 3.43. The number of fused-ring (bicyclic) bond motifs is 3. The number of aromatic hydroxyl groups is 1. The first-order valence-corrected chi connectivity index (χ1v) is 13.9. The van der Waals surface area contributed by atoms with Crippen LogP contribution in [0.1, 0.15) is 64.2 Å². The summed E-state index contributed by atoms with van der Waals surface area (Å²) in [7, 11) is 0. The number of aliphatic carboxylic acids is 1. The standard InChI is InChI=1S/C21H20F2O5.C10H13IO/c1-21(2,3)10-4-7-13(15(8-10)28-20(22)23)26-11-5-6-12-14(9-11)27-18-16(12)17(18)19(24)25;1-10(2,3)7-4-5-8(11)9(12)6-7/h4-9,16-18,20H,1-3H3,(H,24,25);4-6,12H,1-3H3. The van der Waals surface area contributed by atoms with Gasteiger partial charge in [0.25, 0.3) is 0 Å². The first-order valence-electron chi connectivity index (χ1n) is 12.9. The lowest BCUT2D eigenvalue weighted by atomic mass is 9.87. The fraction of sp³-hybridized carbons (Fsp3) is 0.387. The summed E-state index contributed by atoms with van der Waals surface area (Å²) in [6.45, 7) is 9.35. The molecule has 0 saturated heterocycles. The molecule has 0 radical (unpaired) electrons. The van der Waals surface area contributed by atoms with E-state index in [1.165, 1.54) is 5.56 Å². The van der Waals surface area contributed by atoms with Gasteiger partial charge in [0.1, 0.15) is 29.3 Å². The second kappa shape index (κ2) is 11.1. The Kier molecular flexibility index (Phi) is 8.27. The molecule has 1 saturated carbocycles. The van der Waals surface area contributed by atoms with E-state index in [9.17, 15) is 18.7 Å². The molecule has 0 aromatic heterocycles. The zero-order chi connectivity index (χ0) is 29.6. The molecule has 3 aromatic carbocycles. The molecule has 1 aliphatic heterocycles. The van der Waals surface area contributed by atoms with Gasteiger partial charge in [-0.05, 0) is 74.9 Å². The van der Waals surface area contributed by atoms with Crippen molar-refractivity contribution in [1.82, 2.24) is 0 Å². The number of alkyl halides is 2. The molecule has 1 heterocycles. The average molecular weight is 666 g/mol. The first-order chi connectivity index (χ1) is 18.6. The highest BCUT2D eigenvalue weighted by Crippen LogP contribution is 2.59. The molecule has 3 unspecified atom stereocenters. The topological polar surface area (TPSA) is 85.2 Å². The van der Waals surface area contributed by atoms with E-state index in [-0.39, 0.29) is 34.4 Å². The van der Waals surface area contributed by atoms with Crippen molar-refractivity contribution in [1.29, 1.82) is 0 Å². The van der Waals surface area contributed by atoms with Gasteiger partial charge >= 0.3 is 12.6 Å². The van der Waals surface area contributed by atoms with Crippen molar-refractivity contribution in [2.75, 3.05) is 0 Å². The van der Waals surface area contributed by atoms with Gasteiger partial charge in [-0.25, -0.2) is 0 Å². The van der Waals surface area contributed by atoms with Crippen LogP contribution in [-0.4, -0.2) is 28.9 Å². The molecule has 0 bridgehead atoms. The summed E-state index contributed by atoms with van der Waals surface area (Å²) in [5.41, 5.74) is 2.72. The zero-order valence-electron chi connectivity index (χ0n) is 23.2. The molecular weight excluding hydrogens is 633 g/mol. The van der Waals surface area contributed by atoms with Crippen LogP contribution in [0.15, 0.2) is 54.6 Å². The summed E-state index contributed by atoms with van der Waals surface area (Å²) < 4.78 is 42.7. The molecule has 1 aliphatic carbocycles. The van der Waals surface area contributed by atoms with Crippen LogP contribution in [0.25, 0.3) is 0 Å². The molecule has 1 fully saturated rings. The van der Waals surface area contributed by atoms with Crippen molar-refractivity contribution < 1.29 is 38.0 Å². The molecule has 3 atom stereocenters. The van der Waals surface area contributed by atoms with E-state index in [1.807, 2.05) is 39.0 Å². The van der Waals surface area contributed by atoms with Crippen LogP contribution in [0.5, 0.6) is 28.7 Å². The molecule has 0 spiro atoms. The first kappa shape index (κ1) is 29.9. The molecule has 2 aliphatic rings. The van der Waals surface area contributed by atoms with E-state index in [1.54, 1.807) is 30.3 Å². The number of rotatable bonds is 5. The minimum absolute atomic E-state index is 0.0439. The van der Waals surface area contributed by atoms with E-state index >= 15 is 0 Å². The third kappa shape index (κ3) is 6.62. The Morgan fingerprint density at radius 3 is 2.12 bits per heavy atom. The lowest BCUT2D eigenvalue weighted by molar-refractivity contribution is -0.139. The number of carbonyl (C=O) groups is 1. The lowest BCUT2D eigenvalue weighted by Gasteiger charge is -2.21. The van der Waals surface area contributed by atoms with Crippen molar-refractivity contribution in [3.8, 4) is 28.7 Å². The minimum atomic E-state index is -2.97. The largest absolute Gasteiger partial charge is 0.507 e. The van der Waals surface area contributed by atoms with Gasteiger partial charge < -0.3 is 24.4 Å². The number of carboxylic acids is 1. The summed E-state index contributed by atoms with van der Waals surface area (Å²) in [6, 6.07) is 15.9. The number of hydrogen-bond acceptors (Lipinski definition) is 5. The number of benzene rings is 3. The van der Waals surface area contributed by atoms with Gasteiger partial charge in [0, 0.05) is 17.5 Å². The molecule has 40 heavy (non-hydrogen) atoms. The summed E-state index contributed by atoms with van der Waals surface area (Å²) in [4.78, 5) is 11.1. The number of hydrogen-bond donors (Lipinski definition) is 2. The molecule has 0 amide bonds. The molecule has 3 aromatic rings. The number of ether oxygens (including phenoxy) is 3. The Bertz CT molecular complexity index is 1410. The summed E-state index contributed by atoms with van der Waals surface area (Å²) in [6.07, 6.45) is -0.341. The molecule has 9 heteroatoms. The maximum atomic E-state index is 12.9. The SMILES string of the molecule is CC(C)(C)c1ccc(I)c(O)c1.CC(C)(C)c1ccc(Oc2ccc3c(c2)OC2C(C(=O)O)C32)c(OC(F)F)c1. The summed E-state index contributed by atoms with van der Waals surface area (Å²) >= 11 is 2.12. The van der Waals surface area contributed by atoms with E-state index in [0.717, 1.165) is 14.7 Å². The predicted octanol–water partition coefficient (Wildman–Crippen LogP) is 8.23. The van der Waals surface area contributed by atoms with Gasteiger partial charge in [-0.3, -0.25) is 4.79 Å². The van der Waals surface area contributed by atoms with Crippen LogP contribution in [0, 0.1) is 9.49 Å². The number of carboxylic acid groups (broad SMARTS) is 1. The molecule has 2 N–H and O–H groups in total. The molecule has 6 nitrogen and oxygen atoms in total. The lowest BCUT2D eigenvalue weighted by Crippen LogP contribution is -2.12. The third-order valence-corrected chi connectivity index (χ3v) is 7.82. The van der Waals surface area contributed by atoms with E-state index < -0.39 is 18.5 Å². The zero-order valence-corrected chi connectivity index (χ0v) is 25.3. The van der Waals surface area contributed by atoms with E-state index in [2.05, 4.69) is 54.2 Å². The second-order valence-electron chi connectivity index (χ2n) is 12.0. The van der Waals surface area contributed by atoms with Crippen LogP contribution in [-0.2, 0) is 15.6 Å². The maximum absolute atomic E-state index is 12.9. The molecular formula is C31H33F2IO6. The van der Waals surface area contributed by atoms with E-state index in [0.29, 0.717) is 17.2 Å². The van der Waals surface area contributed by atoms with Gasteiger partial charge in [-0.1, -0.05) is 59.7 Å². The Morgan fingerprint density at radius 1 is 0.925 bits per heavy atom. The summed E-state index contributed by atoms with van der Waals surface area (Å²) in [5, 5.41) is 18.6. The van der Waals surface area contributed by atoms with Gasteiger partial charge in [-0.2, -0.15) is 8.78 Å². The predicted molar refractivity (Wildman–Crippen MR) is 156 cm³/mol. The number of phenols is 1. The fourth-order valence-electron chi connectivity index (χ4n) is 4.55. The summed E-state index contributed by atoms with van der Waals surface area (Å²) in [5.74, 6) is -0.0445. The van der Waals surface area contributed by atoms with Crippen LogP contribution in [0.2, 0.25) is 0 Å². The van der Waals surface area contributed by atoms with Gasteiger partial charge in [0.2, 0.25) is 0 Å². The van der Waals surface area contributed by atoms with Crippen molar-refractivity contribution in [3.63, 3.8) is 0 Å². The minimum Gasteiger partial charge on any atom is -0.507 e. The number of halogens is 3. The van der Waals surface area contributed by atoms with Crippen molar-refractivity contribution in [2.45, 2.75) is 71.0 Å². The van der Waals surface area contributed by atoms with Gasteiger partial charge in [0.05, 0.1) is 3.57 Å². The Balaban J connectivity index is 0.000000259. The maximum Gasteiger partial charge on any atom is 0.387 e.